The monoisotopic (exact) mass is 370 g/mol. The van der Waals surface area contributed by atoms with E-state index in [2.05, 4.69) is 0 Å². The van der Waals surface area contributed by atoms with Gasteiger partial charge in [-0.05, 0) is 63.2 Å². The molecule has 26 heavy (non-hydrogen) atoms. The number of hydrogen-bond acceptors (Lipinski definition) is 5. The minimum absolute atomic E-state index is 0.0365. The normalized spacial score (nSPS) is 23.8. The highest BCUT2D eigenvalue weighted by Crippen LogP contribution is 2.20. The fourth-order valence-electron chi connectivity index (χ4n) is 3.69. The Morgan fingerprint density at radius 1 is 0.808 bits per heavy atom. The molecule has 0 bridgehead atoms. The van der Waals surface area contributed by atoms with Crippen LogP contribution in [-0.4, -0.2) is 52.2 Å². The Morgan fingerprint density at radius 2 is 1.46 bits per heavy atom. The van der Waals surface area contributed by atoms with Gasteiger partial charge in [-0.25, -0.2) is 0 Å². The SMILES string of the molecule is O=C1CCC(CCCCOCCCOCCCCC2CCCOC2)CO1. The van der Waals surface area contributed by atoms with Crippen LogP contribution in [0.15, 0.2) is 0 Å². The molecule has 2 heterocycles. The third-order valence-corrected chi connectivity index (χ3v) is 5.37. The summed E-state index contributed by atoms with van der Waals surface area (Å²) in [6, 6.07) is 0. The maximum absolute atomic E-state index is 11.0. The highest BCUT2D eigenvalue weighted by atomic mass is 16.5. The van der Waals surface area contributed by atoms with Gasteiger partial charge in [0.25, 0.3) is 0 Å². The summed E-state index contributed by atoms with van der Waals surface area (Å²) >= 11 is 0. The Hall–Kier alpha value is -0.650. The van der Waals surface area contributed by atoms with Crippen molar-refractivity contribution in [3.8, 4) is 0 Å². The lowest BCUT2D eigenvalue weighted by Gasteiger charge is -2.21. The smallest absolute Gasteiger partial charge is 0.305 e. The molecule has 2 fully saturated rings. The van der Waals surface area contributed by atoms with Crippen molar-refractivity contribution in [1.82, 2.24) is 0 Å². The van der Waals surface area contributed by atoms with Gasteiger partial charge in [0.15, 0.2) is 0 Å². The molecule has 0 aliphatic carbocycles. The van der Waals surface area contributed by atoms with E-state index in [4.69, 9.17) is 18.9 Å². The van der Waals surface area contributed by atoms with Crippen LogP contribution >= 0.6 is 0 Å². The van der Waals surface area contributed by atoms with Crippen molar-refractivity contribution >= 4 is 5.97 Å². The Balaban J connectivity index is 1.25. The molecule has 5 nitrogen and oxygen atoms in total. The first-order valence-corrected chi connectivity index (χ1v) is 10.7. The minimum atomic E-state index is -0.0365. The quantitative estimate of drug-likeness (QED) is 0.340. The average Bonchev–Trinajstić information content (AvgIpc) is 2.68. The van der Waals surface area contributed by atoms with Crippen molar-refractivity contribution in [3.63, 3.8) is 0 Å². The van der Waals surface area contributed by atoms with Gasteiger partial charge >= 0.3 is 5.97 Å². The summed E-state index contributed by atoms with van der Waals surface area (Å²) < 4.78 is 22.0. The number of rotatable bonds is 14. The summed E-state index contributed by atoms with van der Waals surface area (Å²) in [5, 5.41) is 0. The first-order chi connectivity index (χ1) is 12.8. The van der Waals surface area contributed by atoms with Crippen LogP contribution in [-0.2, 0) is 23.7 Å². The molecule has 2 saturated heterocycles. The van der Waals surface area contributed by atoms with Gasteiger partial charge in [-0.1, -0.05) is 12.8 Å². The number of carbonyl (C=O) groups excluding carboxylic acids is 1. The second kappa shape index (κ2) is 14.4. The molecule has 0 aromatic heterocycles. The van der Waals surface area contributed by atoms with Gasteiger partial charge in [0, 0.05) is 46.1 Å². The van der Waals surface area contributed by atoms with E-state index in [1.165, 1.54) is 25.7 Å². The number of esters is 1. The standard InChI is InChI=1S/C21H38O5/c22-21-11-10-20(18-26-21)8-2-4-13-24-16-6-15-23-12-3-1-7-19-9-5-14-25-17-19/h19-20H,1-18H2. The van der Waals surface area contributed by atoms with Crippen LogP contribution in [0.3, 0.4) is 0 Å². The molecule has 0 spiro atoms. The highest BCUT2D eigenvalue weighted by molar-refractivity contribution is 5.69. The van der Waals surface area contributed by atoms with Gasteiger partial charge in [0.2, 0.25) is 0 Å². The second-order valence-corrected chi connectivity index (χ2v) is 7.74. The van der Waals surface area contributed by atoms with Crippen LogP contribution in [0.25, 0.3) is 0 Å². The van der Waals surface area contributed by atoms with E-state index in [0.717, 1.165) is 84.1 Å². The lowest BCUT2D eigenvalue weighted by atomic mass is 9.96. The van der Waals surface area contributed by atoms with Gasteiger partial charge in [0.1, 0.15) is 0 Å². The zero-order valence-corrected chi connectivity index (χ0v) is 16.4. The van der Waals surface area contributed by atoms with Crippen molar-refractivity contribution in [1.29, 1.82) is 0 Å². The Morgan fingerprint density at radius 3 is 2.04 bits per heavy atom. The number of unbranched alkanes of at least 4 members (excludes halogenated alkanes) is 2. The lowest BCUT2D eigenvalue weighted by molar-refractivity contribution is -0.149. The van der Waals surface area contributed by atoms with E-state index in [-0.39, 0.29) is 5.97 Å². The Kier molecular flexibility index (Phi) is 12.0. The summed E-state index contributed by atoms with van der Waals surface area (Å²) in [6.45, 7) is 5.84. The molecule has 0 saturated carbocycles. The Bertz CT molecular complexity index is 344. The topological polar surface area (TPSA) is 54.0 Å². The number of ether oxygens (including phenoxy) is 4. The summed E-state index contributed by atoms with van der Waals surface area (Å²) in [5.41, 5.74) is 0. The average molecular weight is 371 g/mol. The predicted octanol–water partition coefficient (Wildman–Crippen LogP) is 4.13. The van der Waals surface area contributed by atoms with Crippen molar-refractivity contribution < 1.29 is 23.7 Å². The van der Waals surface area contributed by atoms with E-state index < -0.39 is 0 Å². The fourth-order valence-corrected chi connectivity index (χ4v) is 3.69. The second-order valence-electron chi connectivity index (χ2n) is 7.74. The van der Waals surface area contributed by atoms with Crippen molar-refractivity contribution in [3.05, 3.63) is 0 Å². The molecule has 152 valence electrons. The van der Waals surface area contributed by atoms with Gasteiger partial charge in [-0.3, -0.25) is 4.79 Å². The highest BCUT2D eigenvalue weighted by Gasteiger charge is 2.19. The maximum atomic E-state index is 11.0. The molecule has 2 atom stereocenters. The fraction of sp³-hybridized carbons (Fsp3) is 0.952. The van der Waals surface area contributed by atoms with E-state index in [0.29, 0.717) is 18.9 Å². The first-order valence-electron chi connectivity index (χ1n) is 10.7. The first kappa shape index (κ1) is 21.6. The van der Waals surface area contributed by atoms with E-state index in [9.17, 15) is 4.79 Å². The molecule has 0 radical (unpaired) electrons. The van der Waals surface area contributed by atoms with Crippen molar-refractivity contribution in [2.45, 2.75) is 70.6 Å². The van der Waals surface area contributed by atoms with Crippen LogP contribution in [0.5, 0.6) is 0 Å². The molecule has 2 rings (SSSR count). The van der Waals surface area contributed by atoms with E-state index in [1.54, 1.807) is 0 Å². The summed E-state index contributed by atoms with van der Waals surface area (Å²) in [4.78, 5) is 11.0. The van der Waals surface area contributed by atoms with Crippen LogP contribution in [0, 0.1) is 11.8 Å². The van der Waals surface area contributed by atoms with Crippen molar-refractivity contribution in [2.24, 2.45) is 11.8 Å². The number of hydrogen-bond donors (Lipinski definition) is 0. The molecule has 2 aliphatic heterocycles. The third-order valence-electron chi connectivity index (χ3n) is 5.37. The molecule has 0 aromatic rings. The van der Waals surface area contributed by atoms with E-state index >= 15 is 0 Å². The summed E-state index contributed by atoms with van der Waals surface area (Å²) in [7, 11) is 0. The van der Waals surface area contributed by atoms with Crippen molar-refractivity contribution in [2.75, 3.05) is 46.2 Å². The van der Waals surface area contributed by atoms with Gasteiger partial charge < -0.3 is 18.9 Å². The summed E-state index contributed by atoms with van der Waals surface area (Å²) in [6.07, 6.45) is 12.2. The predicted molar refractivity (Wildman–Crippen MR) is 101 cm³/mol. The summed E-state index contributed by atoms with van der Waals surface area (Å²) in [5.74, 6) is 1.31. The van der Waals surface area contributed by atoms with Crippen LogP contribution in [0.2, 0.25) is 0 Å². The number of cyclic esters (lactones) is 1. The lowest BCUT2D eigenvalue weighted by Crippen LogP contribution is -2.21. The van der Waals surface area contributed by atoms with Gasteiger partial charge in [0.05, 0.1) is 6.61 Å². The maximum Gasteiger partial charge on any atom is 0.305 e. The number of carbonyl (C=O) groups is 1. The van der Waals surface area contributed by atoms with Crippen LogP contribution in [0.1, 0.15) is 70.6 Å². The molecule has 2 aliphatic rings. The van der Waals surface area contributed by atoms with Gasteiger partial charge in [-0.15, -0.1) is 0 Å². The molecule has 0 N–H and O–H groups in total. The minimum Gasteiger partial charge on any atom is -0.465 e. The molecule has 2 unspecified atom stereocenters. The molecule has 0 aromatic carbocycles. The van der Waals surface area contributed by atoms with Gasteiger partial charge in [-0.2, -0.15) is 0 Å². The molecule has 5 heteroatoms. The van der Waals surface area contributed by atoms with Crippen LogP contribution in [0.4, 0.5) is 0 Å². The zero-order valence-electron chi connectivity index (χ0n) is 16.4. The molecular formula is C21H38O5. The largest absolute Gasteiger partial charge is 0.465 e. The third kappa shape index (κ3) is 10.5. The molecule has 0 amide bonds. The van der Waals surface area contributed by atoms with Crippen LogP contribution < -0.4 is 0 Å². The molecular weight excluding hydrogens is 332 g/mol. The van der Waals surface area contributed by atoms with E-state index in [1.807, 2.05) is 0 Å². The Labute approximate surface area is 159 Å². The zero-order chi connectivity index (χ0) is 18.3.